The number of benzene rings is 2. The smallest absolute Gasteiger partial charge is 0.253 e. The average Bonchev–Trinajstić information content (AvgIpc) is 3.59. The summed E-state index contributed by atoms with van der Waals surface area (Å²) in [6.45, 7) is 0. The van der Waals surface area contributed by atoms with Crippen molar-refractivity contribution < 1.29 is 13.6 Å². The molecule has 0 saturated heterocycles. The predicted octanol–water partition coefficient (Wildman–Crippen LogP) is 4.55. The first kappa shape index (κ1) is 22.0. The number of carbonyl (C=O) groups is 1. The van der Waals surface area contributed by atoms with E-state index < -0.39 is 11.6 Å². The molecule has 3 aromatic heterocycles. The van der Waals surface area contributed by atoms with Gasteiger partial charge in [-0.3, -0.25) is 4.79 Å². The van der Waals surface area contributed by atoms with Crippen molar-refractivity contribution in [3.63, 3.8) is 0 Å². The highest BCUT2D eigenvalue weighted by Crippen LogP contribution is 2.34. The van der Waals surface area contributed by atoms with Crippen LogP contribution in [0.5, 0.6) is 0 Å². The Morgan fingerprint density at radius 3 is 2.69 bits per heavy atom. The molecule has 36 heavy (non-hydrogen) atoms. The number of nitrogens with two attached hydrogens (primary N) is 1. The Bertz CT molecular complexity index is 1600. The second-order valence-electron chi connectivity index (χ2n) is 8.88. The van der Waals surface area contributed by atoms with Crippen molar-refractivity contribution in [2.24, 2.45) is 0 Å². The molecule has 11 heteroatoms. The summed E-state index contributed by atoms with van der Waals surface area (Å²) in [6, 6.07) is 9.38. The highest BCUT2D eigenvalue weighted by molar-refractivity contribution is 6.07. The summed E-state index contributed by atoms with van der Waals surface area (Å²) in [5, 5.41) is 10.4. The van der Waals surface area contributed by atoms with E-state index >= 15 is 0 Å². The Balaban J connectivity index is 1.34. The molecule has 1 aliphatic rings. The number of hydrogen-bond donors (Lipinski definition) is 4. The third-order valence-corrected chi connectivity index (χ3v) is 6.48. The Kier molecular flexibility index (Phi) is 5.24. The molecular weight excluding hydrogens is 466 g/mol. The van der Waals surface area contributed by atoms with Crippen molar-refractivity contribution in [1.82, 2.24) is 29.9 Å². The van der Waals surface area contributed by atoms with Gasteiger partial charge in [-0.15, -0.1) is 0 Å². The van der Waals surface area contributed by atoms with Gasteiger partial charge in [-0.05, 0) is 36.6 Å². The van der Waals surface area contributed by atoms with E-state index in [1.807, 2.05) is 12.1 Å². The lowest BCUT2D eigenvalue weighted by atomic mass is 10.0. The van der Waals surface area contributed by atoms with Crippen LogP contribution in [-0.2, 0) is 0 Å². The second kappa shape index (κ2) is 8.59. The minimum absolute atomic E-state index is 0.0455. The molecule has 5 N–H and O–H groups in total. The number of carbonyl (C=O) groups excluding carboxylic acids is 1. The van der Waals surface area contributed by atoms with Crippen LogP contribution in [-0.4, -0.2) is 36.5 Å². The molecule has 0 aliphatic heterocycles. The zero-order valence-electron chi connectivity index (χ0n) is 19.1. The fourth-order valence-electron chi connectivity index (χ4n) is 4.79. The van der Waals surface area contributed by atoms with Gasteiger partial charge in [0, 0.05) is 29.6 Å². The standard InChI is InChI=1S/C25H22F2N8O/c26-14-9-18(27)21-19(10-14)33-25(34-21)32-16-7-5-13(6-8-16)20-17(24(36)31-15-3-1-2-4-15)11-35-22(20)23(28)29-12-30-35/h5-12,15H,1-4H2,(H,31,36)(H2,28,29,30)(H2,32,33,34). The van der Waals surface area contributed by atoms with E-state index in [1.54, 1.807) is 22.8 Å². The zero-order valence-corrected chi connectivity index (χ0v) is 19.1. The first-order valence-electron chi connectivity index (χ1n) is 11.6. The number of nitrogens with zero attached hydrogens (tertiary/aromatic N) is 4. The van der Waals surface area contributed by atoms with Crippen LogP contribution in [0.4, 0.5) is 26.2 Å². The van der Waals surface area contributed by atoms with Crippen LogP contribution in [0.25, 0.3) is 27.7 Å². The number of H-pyrrole nitrogens is 1. The number of aromatic nitrogens is 5. The fraction of sp³-hybridized carbons (Fsp3) is 0.200. The monoisotopic (exact) mass is 488 g/mol. The highest BCUT2D eigenvalue weighted by Gasteiger charge is 2.24. The number of nitrogen functional groups attached to an aromatic ring is 1. The molecular formula is C25H22F2N8O. The Labute approximate surface area is 203 Å². The third kappa shape index (κ3) is 3.88. The lowest BCUT2D eigenvalue weighted by Gasteiger charge is -2.13. The van der Waals surface area contributed by atoms with E-state index in [-0.39, 0.29) is 34.7 Å². The molecule has 9 nitrogen and oxygen atoms in total. The molecule has 0 radical (unpaired) electrons. The zero-order chi connectivity index (χ0) is 24.8. The number of aromatic amines is 1. The van der Waals surface area contributed by atoms with Crippen molar-refractivity contribution in [3.05, 3.63) is 66.1 Å². The second-order valence-corrected chi connectivity index (χ2v) is 8.88. The van der Waals surface area contributed by atoms with Gasteiger partial charge < -0.3 is 21.4 Å². The van der Waals surface area contributed by atoms with Crippen molar-refractivity contribution in [2.45, 2.75) is 31.7 Å². The molecule has 6 rings (SSSR count). The number of rotatable bonds is 5. The van der Waals surface area contributed by atoms with E-state index in [2.05, 4.69) is 30.7 Å². The number of imidazole rings is 1. The van der Waals surface area contributed by atoms with Gasteiger partial charge in [-0.25, -0.2) is 23.3 Å². The molecule has 1 saturated carbocycles. The topological polar surface area (TPSA) is 126 Å². The number of hydrogen-bond acceptors (Lipinski definition) is 6. The van der Waals surface area contributed by atoms with Crippen LogP contribution in [0, 0.1) is 11.6 Å². The van der Waals surface area contributed by atoms with E-state index in [0.29, 0.717) is 22.3 Å². The molecule has 0 spiro atoms. The van der Waals surface area contributed by atoms with Gasteiger partial charge in [0.1, 0.15) is 23.2 Å². The van der Waals surface area contributed by atoms with Crippen molar-refractivity contribution in [3.8, 4) is 11.1 Å². The molecule has 5 aromatic rings. The minimum Gasteiger partial charge on any atom is -0.382 e. The number of fused-ring (bicyclic) bond motifs is 2. The molecule has 0 atom stereocenters. The molecule has 182 valence electrons. The Hall–Kier alpha value is -4.54. The van der Waals surface area contributed by atoms with Gasteiger partial charge in [-0.1, -0.05) is 25.0 Å². The van der Waals surface area contributed by atoms with E-state index in [0.717, 1.165) is 37.3 Å². The van der Waals surface area contributed by atoms with Crippen LogP contribution < -0.4 is 16.4 Å². The first-order valence-corrected chi connectivity index (χ1v) is 11.6. The molecule has 0 unspecified atom stereocenters. The predicted molar refractivity (Wildman–Crippen MR) is 132 cm³/mol. The Morgan fingerprint density at radius 1 is 1.14 bits per heavy atom. The summed E-state index contributed by atoms with van der Waals surface area (Å²) in [7, 11) is 0. The fourth-order valence-corrected chi connectivity index (χ4v) is 4.79. The summed E-state index contributed by atoms with van der Waals surface area (Å²) in [5.41, 5.74) is 9.52. The molecule has 0 bridgehead atoms. The normalized spacial score (nSPS) is 14.1. The minimum atomic E-state index is -0.742. The Morgan fingerprint density at radius 2 is 1.92 bits per heavy atom. The lowest BCUT2D eigenvalue weighted by Crippen LogP contribution is -2.32. The maximum atomic E-state index is 14.0. The SMILES string of the molecule is Nc1ncnn2cc(C(=O)NC3CCCC3)c(-c3ccc(Nc4nc5c(F)cc(F)cc5[nH]4)cc3)c12. The number of amides is 1. The number of halogens is 2. The number of anilines is 3. The summed E-state index contributed by atoms with van der Waals surface area (Å²) in [4.78, 5) is 24.4. The van der Waals surface area contributed by atoms with Crippen LogP contribution in [0.2, 0.25) is 0 Å². The molecule has 1 fully saturated rings. The van der Waals surface area contributed by atoms with Gasteiger partial charge in [0.05, 0.1) is 11.1 Å². The van der Waals surface area contributed by atoms with Crippen LogP contribution >= 0.6 is 0 Å². The summed E-state index contributed by atoms with van der Waals surface area (Å²) >= 11 is 0. The quantitative estimate of drug-likeness (QED) is 0.288. The largest absolute Gasteiger partial charge is 0.382 e. The first-order chi connectivity index (χ1) is 17.5. The molecule has 2 aromatic carbocycles. The van der Waals surface area contributed by atoms with Gasteiger partial charge in [-0.2, -0.15) is 5.10 Å². The van der Waals surface area contributed by atoms with Crippen LogP contribution in [0.1, 0.15) is 36.0 Å². The highest BCUT2D eigenvalue weighted by atomic mass is 19.1. The third-order valence-electron chi connectivity index (χ3n) is 6.48. The van der Waals surface area contributed by atoms with Crippen molar-refractivity contribution in [2.75, 3.05) is 11.1 Å². The number of nitrogens with one attached hydrogen (secondary N) is 3. The van der Waals surface area contributed by atoms with Crippen LogP contribution in [0.3, 0.4) is 0 Å². The average molecular weight is 489 g/mol. The van der Waals surface area contributed by atoms with Crippen molar-refractivity contribution in [1.29, 1.82) is 0 Å². The van der Waals surface area contributed by atoms with E-state index in [1.165, 1.54) is 12.4 Å². The van der Waals surface area contributed by atoms with E-state index in [9.17, 15) is 13.6 Å². The molecule has 1 amide bonds. The molecule has 3 heterocycles. The lowest BCUT2D eigenvalue weighted by molar-refractivity contribution is 0.0938. The molecule has 1 aliphatic carbocycles. The van der Waals surface area contributed by atoms with Crippen molar-refractivity contribution >= 4 is 39.9 Å². The summed E-state index contributed by atoms with van der Waals surface area (Å²) < 4.78 is 29.1. The van der Waals surface area contributed by atoms with E-state index in [4.69, 9.17) is 5.73 Å². The van der Waals surface area contributed by atoms with Crippen LogP contribution in [0.15, 0.2) is 48.9 Å². The summed E-state index contributed by atoms with van der Waals surface area (Å²) in [5.74, 6) is -1.08. The van der Waals surface area contributed by atoms with Gasteiger partial charge in [0.25, 0.3) is 5.91 Å². The van der Waals surface area contributed by atoms with Gasteiger partial charge in [0.2, 0.25) is 5.95 Å². The van der Waals surface area contributed by atoms with Gasteiger partial charge in [0.15, 0.2) is 11.6 Å². The van der Waals surface area contributed by atoms with Gasteiger partial charge >= 0.3 is 0 Å². The summed E-state index contributed by atoms with van der Waals surface area (Å²) in [6.07, 6.45) is 7.16. The maximum Gasteiger partial charge on any atom is 0.253 e. The maximum absolute atomic E-state index is 14.0.